The minimum atomic E-state index is -3.87. The molecule has 0 aliphatic rings. The van der Waals surface area contributed by atoms with Gasteiger partial charge in [0.15, 0.2) is 5.03 Å². The first-order valence-corrected chi connectivity index (χ1v) is 9.43. The second-order valence-electron chi connectivity index (χ2n) is 5.70. The highest BCUT2D eigenvalue weighted by atomic mass is 32.2. The van der Waals surface area contributed by atoms with Gasteiger partial charge in [-0.3, -0.25) is 0 Å². The van der Waals surface area contributed by atoms with E-state index in [1.54, 1.807) is 24.3 Å². The zero-order chi connectivity index (χ0) is 19.4. The summed E-state index contributed by atoms with van der Waals surface area (Å²) < 4.78 is 52.0. The van der Waals surface area contributed by atoms with Crippen LogP contribution < -0.4 is 0 Å². The maximum absolute atomic E-state index is 13.6. The molecular formula is C20H15F2NO3S. The third-order valence-electron chi connectivity index (χ3n) is 3.88. The van der Waals surface area contributed by atoms with Crippen molar-refractivity contribution < 1.29 is 22.3 Å². The summed E-state index contributed by atoms with van der Waals surface area (Å²) in [6, 6.07) is 12.3. The lowest BCUT2D eigenvalue weighted by Crippen LogP contribution is -2.08. The quantitative estimate of drug-likeness (QED) is 0.675. The van der Waals surface area contributed by atoms with Gasteiger partial charge >= 0.3 is 0 Å². The number of benzene rings is 2. The molecule has 1 heterocycles. The van der Waals surface area contributed by atoms with Crippen LogP contribution in [-0.2, 0) is 16.4 Å². The number of rotatable bonds is 5. The van der Waals surface area contributed by atoms with Crippen LogP contribution in [0.5, 0.6) is 0 Å². The Morgan fingerprint density at radius 3 is 2.41 bits per heavy atom. The van der Waals surface area contributed by atoms with Crippen LogP contribution in [0.1, 0.15) is 16.7 Å². The summed E-state index contributed by atoms with van der Waals surface area (Å²) >= 11 is 0. The van der Waals surface area contributed by atoms with Crippen molar-refractivity contribution in [2.75, 3.05) is 0 Å². The van der Waals surface area contributed by atoms with Gasteiger partial charge in [-0.1, -0.05) is 30.4 Å². The van der Waals surface area contributed by atoms with Crippen LogP contribution >= 0.6 is 0 Å². The number of aromatic nitrogens is 1. The minimum absolute atomic E-state index is 0.0287. The van der Waals surface area contributed by atoms with Gasteiger partial charge in [0.2, 0.25) is 9.84 Å². The summed E-state index contributed by atoms with van der Waals surface area (Å²) in [5.41, 5.74) is 1.07. The molecule has 27 heavy (non-hydrogen) atoms. The number of pyridine rings is 1. The molecule has 0 bridgehead atoms. The van der Waals surface area contributed by atoms with Crippen molar-refractivity contribution in [3.05, 3.63) is 89.1 Å². The molecular weight excluding hydrogens is 372 g/mol. The van der Waals surface area contributed by atoms with E-state index in [1.807, 2.05) is 0 Å². The van der Waals surface area contributed by atoms with Gasteiger partial charge in [0.25, 0.3) is 0 Å². The molecule has 0 aliphatic carbocycles. The molecule has 0 atom stereocenters. The van der Waals surface area contributed by atoms with Gasteiger partial charge in [-0.15, -0.1) is 0 Å². The number of sulfone groups is 1. The van der Waals surface area contributed by atoms with Crippen molar-refractivity contribution in [2.45, 2.75) is 16.5 Å². The van der Waals surface area contributed by atoms with E-state index < -0.39 is 28.1 Å². The van der Waals surface area contributed by atoms with Crippen LogP contribution in [0.2, 0.25) is 0 Å². The molecule has 0 radical (unpaired) electrons. The van der Waals surface area contributed by atoms with Gasteiger partial charge in [-0.05, 0) is 35.9 Å². The maximum atomic E-state index is 13.6. The molecule has 0 saturated carbocycles. The Morgan fingerprint density at radius 2 is 1.74 bits per heavy atom. The lowest BCUT2D eigenvalue weighted by atomic mass is 10.1. The fourth-order valence-corrected chi connectivity index (χ4v) is 3.87. The van der Waals surface area contributed by atoms with E-state index in [2.05, 4.69) is 4.98 Å². The lowest BCUT2D eigenvalue weighted by Gasteiger charge is -2.08. The molecule has 0 aliphatic heterocycles. The normalized spacial score (nSPS) is 11.8. The van der Waals surface area contributed by atoms with Crippen molar-refractivity contribution in [3.63, 3.8) is 0 Å². The van der Waals surface area contributed by atoms with Crippen LogP contribution in [-0.4, -0.2) is 18.5 Å². The number of hydrogen-bond donors (Lipinski definition) is 1. The third kappa shape index (κ3) is 4.10. The number of hydrogen-bond acceptors (Lipinski definition) is 4. The van der Waals surface area contributed by atoms with E-state index in [0.717, 1.165) is 12.1 Å². The summed E-state index contributed by atoms with van der Waals surface area (Å²) in [7, 11) is -3.87. The van der Waals surface area contributed by atoms with E-state index in [0.29, 0.717) is 5.56 Å². The van der Waals surface area contributed by atoms with Gasteiger partial charge in [0, 0.05) is 23.4 Å². The van der Waals surface area contributed by atoms with E-state index in [4.69, 9.17) is 0 Å². The van der Waals surface area contributed by atoms with Crippen molar-refractivity contribution in [3.8, 4) is 0 Å². The second kappa shape index (κ2) is 7.77. The standard InChI is InChI=1S/C20H15F2NO3S/c21-17-8-7-15(19(22)12-17)6-3-14-4-9-18(10-5-14)27(25,26)20-16(13-24)2-1-11-23-20/h1-12,24H,13H2. The van der Waals surface area contributed by atoms with Crippen LogP contribution in [0.3, 0.4) is 0 Å². The summed E-state index contributed by atoms with van der Waals surface area (Å²) in [5.74, 6) is -1.34. The number of aliphatic hydroxyl groups excluding tert-OH is 1. The Labute approximate surface area is 155 Å². The first kappa shape index (κ1) is 18.9. The molecule has 1 N–H and O–H groups in total. The zero-order valence-electron chi connectivity index (χ0n) is 14.0. The Bertz CT molecular complexity index is 1090. The molecule has 0 fully saturated rings. The van der Waals surface area contributed by atoms with Crippen molar-refractivity contribution >= 4 is 22.0 Å². The second-order valence-corrected chi connectivity index (χ2v) is 7.56. The van der Waals surface area contributed by atoms with Gasteiger partial charge in [0.1, 0.15) is 11.6 Å². The van der Waals surface area contributed by atoms with E-state index in [1.165, 1.54) is 36.5 Å². The highest BCUT2D eigenvalue weighted by molar-refractivity contribution is 7.91. The molecule has 1 aromatic heterocycles. The van der Waals surface area contributed by atoms with Crippen molar-refractivity contribution in [2.24, 2.45) is 0 Å². The summed E-state index contributed by atoms with van der Waals surface area (Å²) in [4.78, 5) is 3.91. The first-order chi connectivity index (χ1) is 12.9. The molecule has 138 valence electrons. The number of aliphatic hydroxyl groups is 1. The molecule has 7 heteroatoms. The van der Waals surface area contributed by atoms with E-state index >= 15 is 0 Å². The molecule has 0 unspecified atom stereocenters. The Balaban J connectivity index is 1.88. The summed E-state index contributed by atoms with van der Waals surface area (Å²) in [5, 5.41) is 9.13. The number of nitrogens with zero attached hydrogens (tertiary/aromatic N) is 1. The van der Waals surface area contributed by atoms with Gasteiger partial charge in [0.05, 0.1) is 11.5 Å². The van der Waals surface area contributed by atoms with Crippen LogP contribution in [0, 0.1) is 11.6 Å². The smallest absolute Gasteiger partial charge is 0.224 e. The Hall–Kier alpha value is -2.90. The molecule has 3 rings (SSSR count). The highest BCUT2D eigenvalue weighted by Crippen LogP contribution is 2.23. The first-order valence-electron chi connectivity index (χ1n) is 7.95. The highest BCUT2D eigenvalue weighted by Gasteiger charge is 2.22. The minimum Gasteiger partial charge on any atom is -0.392 e. The molecule has 2 aromatic carbocycles. The van der Waals surface area contributed by atoms with Crippen LogP contribution in [0.4, 0.5) is 8.78 Å². The van der Waals surface area contributed by atoms with Crippen molar-refractivity contribution in [1.29, 1.82) is 0 Å². The molecule has 0 amide bonds. The maximum Gasteiger partial charge on any atom is 0.224 e. The summed E-state index contributed by atoms with van der Waals surface area (Å²) in [6.07, 6.45) is 4.41. The fourth-order valence-electron chi connectivity index (χ4n) is 2.48. The van der Waals surface area contributed by atoms with Gasteiger partial charge < -0.3 is 5.11 Å². The summed E-state index contributed by atoms with van der Waals surface area (Å²) in [6.45, 7) is -0.438. The monoisotopic (exact) mass is 387 g/mol. The Morgan fingerprint density at radius 1 is 1.00 bits per heavy atom. The van der Waals surface area contributed by atoms with Crippen LogP contribution in [0.25, 0.3) is 12.2 Å². The fraction of sp³-hybridized carbons (Fsp3) is 0.0500. The average Bonchev–Trinajstić information content (AvgIpc) is 2.67. The molecule has 0 spiro atoms. The van der Waals surface area contributed by atoms with Gasteiger partial charge in [-0.2, -0.15) is 0 Å². The lowest BCUT2D eigenvalue weighted by molar-refractivity contribution is 0.277. The molecule has 4 nitrogen and oxygen atoms in total. The van der Waals surface area contributed by atoms with E-state index in [-0.39, 0.29) is 21.0 Å². The number of halogens is 2. The largest absolute Gasteiger partial charge is 0.392 e. The zero-order valence-corrected chi connectivity index (χ0v) is 14.8. The SMILES string of the molecule is O=S(=O)(c1ccc(C=Cc2ccc(F)cc2F)cc1)c1ncccc1CO. The van der Waals surface area contributed by atoms with Crippen LogP contribution in [0.15, 0.2) is 70.7 Å². The predicted octanol–water partition coefficient (Wildman–Crippen LogP) is 3.86. The third-order valence-corrected chi connectivity index (χ3v) is 5.65. The van der Waals surface area contributed by atoms with Gasteiger partial charge in [-0.25, -0.2) is 22.2 Å². The topological polar surface area (TPSA) is 67.3 Å². The Kier molecular flexibility index (Phi) is 5.43. The average molecular weight is 387 g/mol. The molecule has 0 saturated heterocycles. The van der Waals surface area contributed by atoms with E-state index in [9.17, 15) is 22.3 Å². The predicted molar refractivity (Wildman–Crippen MR) is 97.3 cm³/mol. The molecule has 3 aromatic rings. The van der Waals surface area contributed by atoms with Crippen molar-refractivity contribution in [1.82, 2.24) is 4.98 Å².